The van der Waals surface area contributed by atoms with Gasteiger partial charge in [0.15, 0.2) is 0 Å². The average Bonchev–Trinajstić information content (AvgIpc) is 2.56. The van der Waals surface area contributed by atoms with Gasteiger partial charge in [0.1, 0.15) is 5.75 Å². The van der Waals surface area contributed by atoms with Crippen molar-refractivity contribution in [1.82, 2.24) is 10.2 Å². The molecule has 0 radical (unpaired) electrons. The Morgan fingerprint density at radius 2 is 1.91 bits per heavy atom. The van der Waals surface area contributed by atoms with Gasteiger partial charge in [0.2, 0.25) is 5.91 Å². The van der Waals surface area contributed by atoms with E-state index in [0.29, 0.717) is 24.9 Å². The van der Waals surface area contributed by atoms with E-state index in [-0.39, 0.29) is 5.91 Å². The van der Waals surface area contributed by atoms with Gasteiger partial charge >= 0.3 is 0 Å². The second-order valence-corrected chi connectivity index (χ2v) is 6.70. The van der Waals surface area contributed by atoms with Gasteiger partial charge in [-0.15, -0.1) is 0 Å². The summed E-state index contributed by atoms with van der Waals surface area (Å²) in [6.45, 7) is 7.62. The molecule has 0 aromatic heterocycles. The zero-order chi connectivity index (χ0) is 16.7. The van der Waals surface area contributed by atoms with E-state index in [0.717, 1.165) is 38.2 Å². The molecule has 1 aliphatic heterocycles. The number of carbonyl (C=O) groups excluding carboxylic acids is 1. The lowest BCUT2D eigenvalue weighted by molar-refractivity contribution is -0.133. The number of hydrogen-bond donors (Lipinski definition) is 1. The summed E-state index contributed by atoms with van der Waals surface area (Å²) in [5.74, 6) is 2.29. The number of piperidine rings is 1. The van der Waals surface area contributed by atoms with Gasteiger partial charge in [-0.2, -0.15) is 0 Å². The van der Waals surface area contributed by atoms with E-state index in [1.807, 2.05) is 24.1 Å². The number of hydrogen-bond acceptors (Lipinski definition) is 3. The first kappa shape index (κ1) is 17.8. The van der Waals surface area contributed by atoms with Crippen LogP contribution >= 0.6 is 0 Å². The van der Waals surface area contributed by atoms with Crippen LogP contribution in [0.25, 0.3) is 0 Å². The first-order valence-electron chi connectivity index (χ1n) is 8.75. The third-order valence-electron chi connectivity index (χ3n) is 4.59. The Kier molecular flexibility index (Phi) is 6.90. The lowest BCUT2D eigenvalue weighted by Crippen LogP contribution is -2.40. The Balaban J connectivity index is 1.69. The molecule has 4 heteroatoms. The molecule has 2 rings (SSSR count). The van der Waals surface area contributed by atoms with Crippen LogP contribution in [0.5, 0.6) is 5.75 Å². The molecule has 0 saturated carbocycles. The van der Waals surface area contributed by atoms with Crippen LogP contribution in [0, 0.1) is 5.92 Å². The zero-order valence-electron chi connectivity index (χ0n) is 14.7. The third kappa shape index (κ3) is 5.54. The van der Waals surface area contributed by atoms with Crippen molar-refractivity contribution >= 4 is 5.91 Å². The molecule has 128 valence electrons. The first-order valence-corrected chi connectivity index (χ1v) is 8.75. The molecule has 1 saturated heterocycles. The molecule has 23 heavy (non-hydrogen) atoms. The highest BCUT2D eigenvalue weighted by molar-refractivity contribution is 5.76. The summed E-state index contributed by atoms with van der Waals surface area (Å²) in [7, 11) is 1.99. The van der Waals surface area contributed by atoms with Crippen molar-refractivity contribution in [3.8, 4) is 5.75 Å². The minimum Gasteiger partial charge on any atom is -0.493 e. The molecule has 0 spiro atoms. The lowest BCUT2D eigenvalue weighted by atomic mass is 9.97. The number of nitrogens with one attached hydrogen (secondary N) is 1. The van der Waals surface area contributed by atoms with Gasteiger partial charge in [0.05, 0.1) is 13.0 Å². The number of rotatable bonds is 7. The second kappa shape index (κ2) is 8.92. The molecule has 0 aliphatic carbocycles. The molecule has 0 atom stereocenters. The highest BCUT2D eigenvalue weighted by Gasteiger charge is 2.21. The van der Waals surface area contributed by atoms with Gasteiger partial charge in [-0.25, -0.2) is 0 Å². The van der Waals surface area contributed by atoms with Crippen molar-refractivity contribution in [3.05, 3.63) is 29.8 Å². The standard InChI is InChI=1S/C19H30N2O2/c1-15(2)17-4-6-18(7-5-17)23-13-10-19(22)21-11-8-16(9-12-21)14-20-3/h4-7,15-16,20H,8-14H2,1-3H3. The number of amides is 1. The van der Waals surface area contributed by atoms with Crippen LogP contribution in [-0.2, 0) is 4.79 Å². The fourth-order valence-electron chi connectivity index (χ4n) is 3.04. The van der Waals surface area contributed by atoms with Crippen molar-refractivity contribution in [2.75, 3.05) is 33.3 Å². The van der Waals surface area contributed by atoms with Crippen LogP contribution in [0.1, 0.15) is 44.6 Å². The minimum absolute atomic E-state index is 0.215. The van der Waals surface area contributed by atoms with Gasteiger partial charge in [-0.05, 0) is 56.0 Å². The summed E-state index contributed by atoms with van der Waals surface area (Å²) in [5.41, 5.74) is 1.30. The highest BCUT2D eigenvalue weighted by atomic mass is 16.5. The van der Waals surface area contributed by atoms with Crippen molar-refractivity contribution in [3.63, 3.8) is 0 Å². The summed E-state index contributed by atoms with van der Waals surface area (Å²) >= 11 is 0. The number of nitrogens with zero attached hydrogens (tertiary/aromatic N) is 1. The summed E-state index contributed by atoms with van der Waals surface area (Å²) < 4.78 is 5.70. The molecule has 1 fully saturated rings. The topological polar surface area (TPSA) is 41.6 Å². The summed E-state index contributed by atoms with van der Waals surface area (Å²) in [6, 6.07) is 8.16. The molecule has 1 N–H and O–H groups in total. The van der Waals surface area contributed by atoms with E-state index in [1.165, 1.54) is 5.56 Å². The van der Waals surface area contributed by atoms with Crippen molar-refractivity contribution in [1.29, 1.82) is 0 Å². The van der Waals surface area contributed by atoms with E-state index in [9.17, 15) is 4.79 Å². The molecule has 1 aromatic carbocycles. The largest absolute Gasteiger partial charge is 0.493 e. The average molecular weight is 318 g/mol. The fraction of sp³-hybridized carbons (Fsp3) is 0.632. The Hall–Kier alpha value is -1.55. The summed E-state index contributed by atoms with van der Waals surface area (Å²) in [6.07, 6.45) is 2.66. The van der Waals surface area contributed by atoms with Crippen LogP contribution in [0.2, 0.25) is 0 Å². The molecule has 1 aliphatic rings. The highest BCUT2D eigenvalue weighted by Crippen LogP contribution is 2.19. The Morgan fingerprint density at radius 1 is 1.26 bits per heavy atom. The van der Waals surface area contributed by atoms with Gasteiger partial charge in [-0.3, -0.25) is 4.79 Å². The molecular formula is C19H30N2O2. The Bertz CT molecular complexity index is 477. The van der Waals surface area contributed by atoms with Gasteiger partial charge in [0, 0.05) is 13.1 Å². The second-order valence-electron chi connectivity index (χ2n) is 6.70. The quantitative estimate of drug-likeness (QED) is 0.840. The van der Waals surface area contributed by atoms with Crippen LogP contribution < -0.4 is 10.1 Å². The predicted molar refractivity (Wildman–Crippen MR) is 93.9 cm³/mol. The van der Waals surface area contributed by atoms with E-state index in [4.69, 9.17) is 4.74 Å². The van der Waals surface area contributed by atoms with E-state index in [1.54, 1.807) is 0 Å². The maximum Gasteiger partial charge on any atom is 0.225 e. The van der Waals surface area contributed by atoms with Crippen LogP contribution in [0.4, 0.5) is 0 Å². The van der Waals surface area contributed by atoms with Crippen molar-refractivity contribution in [2.24, 2.45) is 5.92 Å². The van der Waals surface area contributed by atoms with Crippen molar-refractivity contribution in [2.45, 2.75) is 39.0 Å². The van der Waals surface area contributed by atoms with Gasteiger partial charge in [-0.1, -0.05) is 26.0 Å². The van der Waals surface area contributed by atoms with Crippen LogP contribution in [-0.4, -0.2) is 44.1 Å². The molecular weight excluding hydrogens is 288 g/mol. The summed E-state index contributed by atoms with van der Waals surface area (Å²) in [4.78, 5) is 14.2. The first-order chi connectivity index (χ1) is 11.1. The molecule has 4 nitrogen and oxygen atoms in total. The smallest absolute Gasteiger partial charge is 0.225 e. The molecule has 1 heterocycles. The fourth-order valence-corrected chi connectivity index (χ4v) is 3.04. The predicted octanol–water partition coefficient (Wildman–Crippen LogP) is 3.04. The number of carbonyl (C=O) groups is 1. The number of benzene rings is 1. The van der Waals surface area contributed by atoms with E-state index in [2.05, 4.69) is 31.3 Å². The Morgan fingerprint density at radius 3 is 2.48 bits per heavy atom. The number of ether oxygens (including phenoxy) is 1. The number of likely N-dealkylation sites (tertiary alicyclic amines) is 1. The maximum atomic E-state index is 12.2. The van der Waals surface area contributed by atoms with Gasteiger partial charge < -0.3 is 15.0 Å². The third-order valence-corrected chi connectivity index (χ3v) is 4.59. The lowest BCUT2D eigenvalue weighted by Gasteiger charge is -2.32. The maximum absolute atomic E-state index is 12.2. The molecule has 0 bridgehead atoms. The van der Waals surface area contributed by atoms with E-state index >= 15 is 0 Å². The van der Waals surface area contributed by atoms with E-state index < -0.39 is 0 Å². The Labute approximate surface area is 140 Å². The summed E-state index contributed by atoms with van der Waals surface area (Å²) in [5, 5.41) is 3.22. The van der Waals surface area contributed by atoms with Crippen LogP contribution in [0.3, 0.4) is 0 Å². The minimum atomic E-state index is 0.215. The SMILES string of the molecule is CNCC1CCN(C(=O)CCOc2ccc(C(C)C)cc2)CC1. The normalized spacial score (nSPS) is 15.9. The van der Waals surface area contributed by atoms with Crippen LogP contribution in [0.15, 0.2) is 24.3 Å². The molecule has 1 aromatic rings. The monoisotopic (exact) mass is 318 g/mol. The molecule has 0 unspecified atom stereocenters. The van der Waals surface area contributed by atoms with Gasteiger partial charge in [0.25, 0.3) is 0 Å². The molecule has 1 amide bonds. The van der Waals surface area contributed by atoms with Crippen molar-refractivity contribution < 1.29 is 9.53 Å². The zero-order valence-corrected chi connectivity index (χ0v) is 14.7.